The second-order valence-corrected chi connectivity index (χ2v) is 4.38. The molecular formula is C13H10N6. The topological polar surface area (TPSA) is 71.8 Å². The number of rotatable bonds is 1. The van der Waals surface area contributed by atoms with Gasteiger partial charge in [0.25, 0.3) is 0 Å². The van der Waals surface area contributed by atoms with Crippen LogP contribution in [-0.4, -0.2) is 31.0 Å². The zero-order valence-corrected chi connectivity index (χ0v) is 9.98. The van der Waals surface area contributed by atoms with Gasteiger partial charge in [0, 0.05) is 24.4 Å². The van der Waals surface area contributed by atoms with Crippen molar-refractivity contribution < 1.29 is 0 Å². The molecule has 3 heterocycles. The average molecular weight is 250 g/mol. The quantitative estimate of drug-likeness (QED) is 0.711. The Hall–Kier alpha value is -2.76. The molecule has 6 nitrogen and oxygen atoms in total. The van der Waals surface area contributed by atoms with Crippen LogP contribution in [0.15, 0.2) is 47.8 Å². The fraction of sp³-hybridized carbons (Fsp3) is 0.0769. The molecule has 0 bridgehead atoms. The van der Waals surface area contributed by atoms with Gasteiger partial charge in [-0.3, -0.25) is 0 Å². The smallest absolute Gasteiger partial charge is 0.208 e. The maximum absolute atomic E-state index is 4.54. The van der Waals surface area contributed by atoms with E-state index in [1.54, 1.807) is 0 Å². The van der Waals surface area contributed by atoms with Crippen molar-refractivity contribution in [1.82, 2.24) is 25.3 Å². The second kappa shape index (κ2) is 3.88. The predicted molar refractivity (Wildman–Crippen MR) is 69.7 cm³/mol. The lowest BCUT2D eigenvalue weighted by Gasteiger charge is -2.03. The van der Waals surface area contributed by atoms with Crippen molar-refractivity contribution >= 4 is 5.71 Å². The van der Waals surface area contributed by atoms with Crippen molar-refractivity contribution in [2.75, 3.05) is 0 Å². The highest BCUT2D eigenvalue weighted by atomic mass is 15.7. The Balaban J connectivity index is 1.93. The summed E-state index contributed by atoms with van der Waals surface area (Å²) >= 11 is 0. The summed E-state index contributed by atoms with van der Waals surface area (Å²) in [5.41, 5.74) is 4.18. The number of tetrazole rings is 1. The highest BCUT2D eigenvalue weighted by molar-refractivity contribution is 6.03. The Bertz CT molecular complexity index is 752. The molecule has 1 aliphatic heterocycles. The molecule has 0 unspecified atom stereocenters. The fourth-order valence-electron chi connectivity index (χ4n) is 2.28. The summed E-state index contributed by atoms with van der Waals surface area (Å²) in [6, 6.07) is 10.1. The van der Waals surface area contributed by atoms with E-state index in [2.05, 4.69) is 25.6 Å². The molecule has 0 spiro atoms. The van der Waals surface area contributed by atoms with Gasteiger partial charge >= 0.3 is 0 Å². The van der Waals surface area contributed by atoms with E-state index in [0.29, 0.717) is 5.82 Å². The van der Waals surface area contributed by atoms with E-state index in [4.69, 9.17) is 0 Å². The second-order valence-electron chi connectivity index (χ2n) is 4.38. The lowest BCUT2D eigenvalue weighted by Crippen LogP contribution is -2.06. The SMILES string of the molecule is c1ccc(C2=Nn3nnnc3-c3c[nH]cc3C2)cc1. The number of hydrogen-bond acceptors (Lipinski definition) is 4. The van der Waals surface area contributed by atoms with Crippen molar-refractivity contribution in [3.63, 3.8) is 0 Å². The Morgan fingerprint density at radius 1 is 1.11 bits per heavy atom. The highest BCUT2D eigenvalue weighted by Gasteiger charge is 2.20. The molecule has 0 amide bonds. The summed E-state index contributed by atoms with van der Waals surface area (Å²) < 4.78 is 0. The molecular weight excluding hydrogens is 240 g/mol. The summed E-state index contributed by atoms with van der Waals surface area (Å²) in [6.07, 6.45) is 4.62. The molecule has 3 aromatic rings. The van der Waals surface area contributed by atoms with E-state index in [-0.39, 0.29) is 0 Å². The zero-order chi connectivity index (χ0) is 12.7. The van der Waals surface area contributed by atoms with Crippen LogP contribution in [0, 0.1) is 0 Å². The molecule has 92 valence electrons. The summed E-state index contributed by atoms with van der Waals surface area (Å²) in [7, 11) is 0. The van der Waals surface area contributed by atoms with Gasteiger partial charge in [-0.25, -0.2) is 0 Å². The number of aromatic nitrogens is 5. The van der Waals surface area contributed by atoms with Crippen molar-refractivity contribution in [2.24, 2.45) is 5.10 Å². The summed E-state index contributed by atoms with van der Waals surface area (Å²) in [5.74, 6) is 0.669. The number of fused-ring (bicyclic) bond motifs is 3. The number of nitrogens with one attached hydrogen (secondary N) is 1. The molecule has 1 aromatic carbocycles. The molecule has 6 heteroatoms. The van der Waals surface area contributed by atoms with Gasteiger partial charge in [0.1, 0.15) is 0 Å². The molecule has 19 heavy (non-hydrogen) atoms. The van der Waals surface area contributed by atoms with Crippen LogP contribution >= 0.6 is 0 Å². The first-order chi connectivity index (χ1) is 9.42. The Morgan fingerprint density at radius 2 is 2.00 bits per heavy atom. The third-order valence-corrected chi connectivity index (χ3v) is 3.21. The van der Waals surface area contributed by atoms with E-state index in [1.165, 1.54) is 4.79 Å². The molecule has 0 fully saturated rings. The van der Waals surface area contributed by atoms with Crippen LogP contribution in [0.2, 0.25) is 0 Å². The van der Waals surface area contributed by atoms with Crippen molar-refractivity contribution in [1.29, 1.82) is 0 Å². The number of H-pyrrole nitrogens is 1. The van der Waals surface area contributed by atoms with Crippen molar-refractivity contribution in [3.8, 4) is 11.4 Å². The molecule has 4 rings (SSSR count). The van der Waals surface area contributed by atoms with Crippen LogP contribution in [0.25, 0.3) is 11.4 Å². The van der Waals surface area contributed by atoms with Crippen LogP contribution < -0.4 is 0 Å². The summed E-state index contributed by atoms with van der Waals surface area (Å²) in [5, 5.41) is 16.2. The van der Waals surface area contributed by atoms with Gasteiger partial charge in [-0.1, -0.05) is 30.3 Å². The molecule has 1 aliphatic rings. The van der Waals surface area contributed by atoms with Gasteiger partial charge < -0.3 is 4.98 Å². The van der Waals surface area contributed by atoms with Gasteiger partial charge in [0.15, 0.2) is 0 Å². The maximum atomic E-state index is 4.54. The van der Waals surface area contributed by atoms with E-state index in [9.17, 15) is 0 Å². The summed E-state index contributed by atoms with van der Waals surface area (Å²) in [4.78, 5) is 4.59. The molecule has 1 N–H and O–H groups in total. The number of nitrogens with zero attached hydrogens (tertiary/aromatic N) is 5. The average Bonchev–Trinajstić information content (AvgIpc) is 3.06. The molecule has 0 saturated carbocycles. The van der Waals surface area contributed by atoms with Gasteiger partial charge in [-0.05, 0) is 21.6 Å². The lowest BCUT2D eigenvalue weighted by molar-refractivity contribution is 0.695. The fourth-order valence-corrected chi connectivity index (χ4v) is 2.28. The van der Waals surface area contributed by atoms with Gasteiger partial charge in [0.05, 0.1) is 5.71 Å². The van der Waals surface area contributed by atoms with Crippen LogP contribution in [0.5, 0.6) is 0 Å². The standard InChI is InChI=1S/C13H10N6/c1-2-4-9(5-3-1)12-6-10-7-14-8-11(10)13-15-17-18-19(13)16-12/h1-5,7-8,14H,6H2. The van der Waals surface area contributed by atoms with Crippen LogP contribution in [0.3, 0.4) is 0 Å². The molecule has 0 radical (unpaired) electrons. The molecule has 0 atom stereocenters. The van der Waals surface area contributed by atoms with Crippen molar-refractivity contribution in [2.45, 2.75) is 6.42 Å². The summed E-state index contributed by atoms with van der Waals surface area (Å²) in [6.45, 7) is 0. The third kappa shape index (κ3) is 1.57. The Kier molecular flexibility index (Phi) is 2.08. The molecule has 0 aliphatic carbocycles. The Morgan fingerprint density at radius 3 is 2.89 bits per heavy atom. The molecule has 0 saturated heterocycles. The predicted octanol–water partition coefficient (Wildman–Crippen LogP) is 1.48. The lowest BCUT2D eigenvalue weighted by atomic mass is 10.0. The van der Waals surface area contributed by atoms with E-state index in [0.717, 1.165) is 28.8 Å². The largest absolute Gasteiger partial charge is 0.367 e. The zero-order valence-electron chi connectivity index (χ0n) is 9.98. The highest BCUT2D eigenvalue weighted by Crippen LogP contribution is 2.25. The number of hydrogen-bond donors (Lipinski definition) is 1. The van der Waals surface area contributed by atoms with E-state index < -0.39 is 0 Å². The van der Waals surface area contributed by atoms with Gasteiger partial charge in [-0.15, -0.1) is 9.89 Å². The van der Waals surface area contributed by atoms with Crippen molar-refractivity contribution in [3.05, 3.63) is 53.9 Å². The number of aromatic amines is 1. The van der Waals surface area contributed by atoms with Gasteiger partial charge in [0.2, 0.25) is 5.82 Å². The van der Waals surface area contributed by atoms with Gasteiger partial charge in [-0.2, -0.15) is 5.10 Å². The maximum Gasteiger partial charge on any atom is 0.208 e. The first-order valence-corrected chi connectivity index (χ1v) is 5.99. The third-order valence-electron chi connectivity index (χ3n) is 3.21. The van der Waals surface area contributed by atoms with Crippen LogP contribution in [0.1, 0.15) is 11.1 Å². The first-order valence-electron chi connectivity index (χ1n) is 5.99. The normalized spacial score (nSPS) is 13.4. The Labute approximate surface area is 108 Å². The van der Waals surface area contributed by atoms with Crippen LogP contribution in [-0.2, 0) is 6.42 Å². The first kappa shape index (κ1) is 10.2. The minimum Gasteiger partial charge on any atom is -0.367 e. The van der Waals surface area contributed by atoms with Crippen LogP contribution in [0.4, 0.5) is 0 Å². The molecule has 2 aromatic heterocycles. The van der Waals surface area contributed by atoms with E-state index >= 15 is 0 Å². The minimum absolute atomic E-state index is 0.669. The number of benzene rings is 1. The van der Waals surface area contributed by atoms with E-state index in [1.807, 2.05) is 42.7 Å². The monoisotopic (exact) mass is 250 g/mol. The minimum atomic E-state index is 0.669.